The highest BCUT2D eigenvalue weighted by molar-refractivity contribution is 5.70. The Kier molecular flexibility index (Phi) is 9.74. The summed E-state index contributed by atoms with van der Waals surface area (Å²) in [5, 5.41) is 0. The van der Waals surface area contributed by atoms with Crippen LogP contribution in [0.1, 0.15) is 38.0 Å². The number of ether oxygens (including phenoxy) is 7. The Morgan fingerprint density at radius 1 is 0.771 bits per heavy atom. The largest absolute Gasteiger partial charge is 0.493 e. The maximum Gasteiger partial charge on any atom is 0.308 e. The average molecular weight is 491 g/mol. The van der Waals surface area contributed by atoms with Gasteiger partial charge in [-0.2, -0.15) is 0 Å². The predicted molar refractivity (Wildman–Crippen MR) is 124 cm³/mol. The molecular formula is C25H30O10. The molecule has 2 atom stereocenters. The summed E-state index contributed by atoms with van der Waals surface area (Å²) < 4.78 is 38.5. The van der Waals surface area contributed by atoms with Crippen LogP contribution in [0, 0.1) is 6.92 Å². The van der Waals surface area contributed by atoms with Gasteiger partial charge in [-0.3, -0.25) is 14.4 Å². The molecule has 0 aliphatic carbocycles. The van der Waals surface area contributed by atoms with E-state index in [0.717, 1.165) is 5.56 Å². The SMILES string of the molecule is COc1cc(C(OC(C)=O)C(COC(C)=O)Oc2c(OC)cc(C)cc2OC)ccc1OC(C)=O. The summed E-state index contributed by atoms with van der Waals surface area (Å²) in [5.74, 6) is -0.280. The lowest BCUT2D eigenvalue weighted by molar-refractivity contribution is -0.157. The summed E-state index contributed by atoms with van der Waals surface area (Å²) in [4.78, 5) is 35.1. The Bertz CT molecular complexity index is 1040. The number of benzene rings is 2. The van der Waals surface area contributed by atoms with Crippen LogP contribution in [0.2, 0.25) is 0 Å². The minimum atomic E-state index is -1.05. The zero-order chi connectivity index (χ0) is 26.1. The van der Waals surface area contributed by atoms with Crippen LogP contribution in [-0.4, -0.2) is 51.9 Å². The van der Waals surface area contributed by atoms with E-state index >= 15 is 0 Å². The molecule has 2 aromatic carbocycles. The lowest BCUT2D eigenvalue weighted by Gasteiger charge is -2.29. The average Bonchev–Trinajstić information content (AvgIpc) is 2.80. The normalized spacial score (nSPS) is 12.1. The Labute approximate surface area is 204 Å². The van der Waals surface area contributed by atoms with Crippen LogP contribution in [-0.2, 0) is 23.9 Å². The molecule has 2 unspecified atom stereocenters. The number of hydrogen-bond donors (Lipinski definition) is 0. The molecule has 0 bridgehead atoms. The zero-order valence-electron chi connectivity index (χ0n) is 20.8. The van der Waals surface area contributed by atoms with Crippen LogP contribution < -0.4 is 23.7 Å². The van der Waals surface area contributed by atoms with Gasteiger partial charge in [0.05, 0.1) is 21.3 Å². The minimum Gasteiger partial charge on any atom is -0.493 e. The third kappa shape index (κ3) is 7.53. The monoisotopic (exact) mass is 490 g/mol. The molecule has 0 amide bonds. The van der Waals surface area contributed by atoms with E-state index in [1.165, 1.54) is 48.2 Å². The van der Waals surface area contributed by atoms with Crippen LogP contribution in [0.5, 0.6) is 28.7 Å². The van der Waals surface area contributed by atoms with Gasteiger partial charge in [0.25, 0.3) is 0 Å². The molecule has 10 heteroatoms. The molecule has 190 valence electrons. The number of methoxy groups -OCH3 is 3. The van der Waals surface area contributed by atoms with E-state index in [9.17, 15) is 14.4 Å². The molecule has 0 aliphatic heterocycles. The van der Waals surface area contributed by atoms with E-state index in [4.69, 9.17) is 33.2 Å². The number of aryl methyl sites for hydroxylation is 1. The van der Waals surface area contributed by atoms with Gasteiger partial charge in [0.1, 0.15) is 6.61 Å². The first-order valence-electron chi connectivity index (χ1n) is 10.7. The number of hydrogen-bond acceptors (Lipinski definition) is 10. The molecule has 2 aromatic rings. The molecule has 0 spiro atoms. The minimum absolute atomic E-state index is 0.185. The summed E-state index contributed by atoms with van der Waals surface area (Å²) >= 11 is 0. The van der Waals surface area contributed by atoms with Crippen molar-refractivity contribution in [3.63, 3.8) is 0 Å². The number of carbonyl (C=O) groups is 3. The molecule has 0 fully saturated rings. The number of carbonyl (C=O) groups excluding carboxylic acids is 3. The fourth-order valence-electron chi connectivity index (χ4n) is 3.30. The van der Waals surface area contributed by atoms with Crippen molar-refractivity contribution >= 4 is 17.9 Å². The number of esters is 3. The first-order chi connectivity index (χ1) is 16.6. The second kappa shape index (κ2) is 12.5. The highest BCUT2D eigenvalue weighted by atomic mass is 16.6. The molecule has 0 saturated carbocycles. The molecule has 2 rings (SSSR count). The molecule has 10 nitrogen and oxygen atoms in total. The molecule has 35 heavy (non-hydrogen) atoms. The van der Waals surface area contributed by atoms with Crippen molar-refractivity contribution in [1.29, 1.82) is 0 Å². The summed E-state index contributed by atoms with van der Waals surface area (Å²) in [6.45, 7) is 5.36. The molecular weight excluding hydrogens is 460 g/mol. The van der Waals surface area contributed by atoms with Gasteiger partial charge in [0, 0.05) is 26.3 Å². The van der Waals surface area contributed by atoms with Crippen molar-refractivity contribution in [3.05, 3.63) is 41.5 Å². The van der Waals surface area contributed by atoms with E-state index < -0.39 is 30.1 Å². The van der Waals surface area contributed by atoms with Crippen molar-refractivity contribution in [2.45, 2.75) is 39.9 Å². The third-order valence-corrected chi connectivity index (χ3v) is 4.73. The van der Waals surface area contributed by atoms with Crippen molar-refractivity contribution in [2.75, 3.05) is 27.9 Å². The standard InChI is InChI=1S/C25H30O10/c1-14-10-21(30-6)25(22(11-14)31-7)35-23(13-32-15(2)26)24(34-17(4)28)18-8-9-19(33-16(3)27)20(12-18)29-5/h8-12,23-24H,13H2,1-7H3. The van der Waals surface area contributed by atoms with Crippen molar-refractivity contribution in [2.24, 2.45) is 0 Å². The Hall–Kier alpha value is -3.95. The zero-order valence-corrected chi connectivity index (χ0v) is 20.8. The van der Waals surface area contributed by atoms with Gasteiger partial charge in [0.2, 0.25) is 5.75 Å². The summed E-state index contributed by atoms with van der Waals surface area (Å²) in [7, 11) is 4.36. The summed E-state index contributed by atoms with van der Waals surface area (Å²) in [6.07, 6.45) is -2.07. The lowest BCUT2D eigenvalue weighted by Crippen LogP contribution is -2.34. The van der Waals surface area contributed by atoms with Gasteiger partial charge in [0.15, 0.2) is 35.2 Å². The van der Waals surface area contributed by atoms with E-state index in [0.29, 0.717) is 17.1 Å². The van der Waals surface area contributed by atoms with Crippen LogP contribution in [0.4, 0.5) is 0 Å². The van der Waals surface area contributed by atoms with E-state index in [2.05, 4.69) is 0 Å². The molecule has 0 N–H and O–H groups in total. The summed E-state index contributed by atoms with van der Waals surface area (Å²) in [5.41, 5.74) is 1.31. The van der Waals surface area contributed by atoms with E-state index in [1.54, 1.807) is 24.3 Å². The van der Waals surface area contributed by atoms with Gasteiger partial charge in [-0.05, 0) is 36.8 Å². The quantitative estimate of drug-likeness (QED) is 0.342. The first-order valence-corrected chi connectivity index (χ1v) is 10.7. The van der Waals surface area contributed by atoms with Gasteiger partial charge in [-0.15, -0.1) is 0 Å². The van der Waals surface area contributed by atoms with Crippen LogP contribution in [0.15, 0.2) is 30.3 Å². The Morgan fingerprint density at radius 3 is 1.86 bits per heavy atom. The Balaban J connectivity index is 2.59. The number of rotatable bonds is 11. The van der Waals surface area contributed by atoms with E-state index in [-0.39, 0.29) is 23.9 Å². The van der Waals surface area contributed by atoms with Crippen LogP contribution in [0.3, 0.4) is 0 Å². The highest BCUT2D eigenvalue weighted by Crippen LogP contribution is 2.41. The topological polar surface area (TPSA) is 116 Å². The molecule has 0 aliphatic rings. The first kappa shape index (κ1) is 27.3. The van der Waals surface area contributed by atoms with Gasteiger partial charge in [-0.1, -0.05) is 6.07 Å². The van der Waals surface area contributed by atoms with Crippen LogP contribution in [0.25, 0.3) is 0 Å². The van der Waals surface area contributed by atoms with Crippen LogP contribution >= 0.6 is 0 Å². The fourth-order valence-corrected chi connectivity index (χ4v) is 3.30. The van der Waals surface area contributed by atoms with Crippen molar-refractivity contribution in [1.82, 2.24) is 0 Å². The van der Waals surface area contributed by atoms with E-state index in [1.807, 2.05) is 6.92 Å². The lowest BCUT2D eigenvalue weighted by atomic mass is 10.0. The van der Waals surface area contributed by atoms with Crippen molar-refractivity contribution < 1.29 is 47.5 Å². The maximum absolute atomic E-state index is 12.0. The molecule has 0 aromatic heterocycles. The van der Waals surface area contributed by atoms with Gasteiger partial charge in [-0.25, -0.2) is 0 Å². The maximum atomic E-state index is 12.0. The second-order valence-electron chi connectivity index (χ2n) is 7.49. The summed E-state index contributed by atoms with van der Waals surface area (Å²) in [6, 6.07) is 8.13. The van der Waals surface area contributed by atoms with Crippen molar-refractivity contribution in [3.8, 4) is 28.7 Å². The Morgan fingerprint density at radius 2 is 1.37 bits per heavy atom. The fraction of sp³-hybridized carbons (Fsp3) is 0.400. The molecule has 0 radical (unpaired) electrons. The molecule has 0 heterocycles. The highest BCUT2D eigenvalue weighted by Gasteiger charge is 2.32. The molecule has 0 saturated heterocycles. The second-order valence-corrected chi connectivity index (χ2v) is 7.49. The smallest absolute Gasteiger partial charge is 0.308 e. The third-order valence-electron chi connectivity index (χ3n) is 4.73. The van der Waals surface area contributed by atoms with Gasteiger partial charge >= 0.3 is 17.9 Å². The predicted octanol–water partition coefficient (Wildman–Crippen LogP) is 3.56. The van der Waals surface area contributed by atoms with Gasteiger partial charge < -0.3 is 33.2 Å².